The molecular formula is C14H21BrClNO. The van der Waals surface area contributed by atoms with Gasteiger partial charge in [0.25, 0.3) is 0 Å². The standard InChI is InChI=1S/C14H21BrClNO/c1-17(9-5-3-4-8-15)11-12-10-13(16)6-7-14(12)18-2/h6-7,10H,3-5,8-9,11H2,1-2H3. The average Bonchev–Trinajstić information content (AvgIpc) is 2.35. The van der Waals surface area contributed by atoms with Crippen molar-refractivity contribution in [1.29, 1.82) is 0 Å². The first-order valence-electron chi connectivity index (χ1n) is 6.24. The Labute approximate surface area is 123 Å². The molecule has 1 aromatic rings. The number of benzene rings is 1. The molecule has 0 fully saturated rings. The molecular weight excluding hydrogens is 314 g/mol. The second-order valence-corrected chi connectivity index (χ2v) is 5.67. The fraction of sp³-hybridized carbons (Fsp3) is 0.571. The van der Waals surface area contributed by atoms with Crippen molar-refractivity contribution in [1.82, 2.24) is 4.90 Å². The van der Waals surface area contributed by atoms with E-state index < -0.39 is 0 Å². The summed E-state index contributed by atoms with van der Waals surface area (Å²) in [6, 6.07) is 5.77. The molecule has 0 heterocycles. The summed E-state index contributed by atoms with van der Waals surface area (Å²) in [6.45, 7) is 1.97. The van der Waals surface area contributed by atoms with Gasteiger partial charge in [-0.25, -0.2) is 0 Å². The number of ether oxygens (including phenoxy) is 1. The summed E-state index contributed by atoms with van der Waals surface area (Å²) < 4.78 is 5.35. The predicted octanol–water partition coefficient (Wildman–Crippen LogP) is 4.35. The van der Waals surface area contributed by atoms with Gasteiger partial charge in [0.2, 0.25) is 0 Å². The van der Waals surface area contributed by atoms with Gasteiger partial charge >= 0.3 is 0 Å². The maximum absolute atomic E-state index is 6.02. The fourth-order valence-corrected chi connectivity index (χ4v) is 2.48. The molecule has 18 heavy (non-hydrogen) atoms. The van der Waals surface area contributed by atoms with Crippen LogP contribution in [0.3, 0.4) is 0 Å². The summed E-state index contributed by atoms with van der Waals surface area (Å²) in [5.74, 6) is 0.909. The van der Waals surface area contributed by atoms with Crippen LogP contribution in [0.15, 0.2) is 18.2 Å². The van der Waals surface area contributed by atoms with Crippen LogP contribution in [0.2, 0.25) is 5.02 Å². The van der Waals surface area contributed by atoms with Crippen LogP contribution in [-0.4, -0.2) is 30.9 Å². The van der Waals surface area contributed by atoms with Crippen molar-refractivity contribution in [2.75, 3.05) is 26.0 Å². The Morgan fingerprint density at radius 3 is 2.72 bits per heavy atom. The Kier molecular flexibility index (Phi) is 7.71. The van der Waals surface area contributed by atoms with Crippen molar-refractivity contribution in [3.63, 3.8) is 0 Å². The predicted molar refractivity (Wildman–Crippen MR) is 82.0 cm³/mol. The molecule has 0 aromatic heterocycles. The molecule has 0 saturated carbocycles. The molecule has 102 valence electrons. The number of hydrogen-bond acceptors (Lipinski definition) is 2. The minimum Gasteiger partial charge on any atom is -0.496 e. The number of unbranched alkanes of at least 4 members (excludes halogenated alkanes) is 2. The molecule has 0 radical (unpaired) electrons. The molecule has 4 heteroatoms. The van der Waals surface area contributed by atoms with Crippen LogP contribution in [-0.2, 0) is 6.54 Å². The van der Waals surface area contributed by atoms with Gasteiger partial charge in [-0.1, -0.05) is 34.0 Å². The van der Waals surface area contributed by atoms with E-state index in [-0.39, 0.29) is 0 Å². The minimum atomic E-state index is 0.762. The van der Waals surface area contributed by atoms with E-state index in [1.807, 2.05) is 18.2 Å². The summed E-state index contributed by atoms with van der Waals surface area (Å²) in [6.07, 6.45) is 3.74. The monoisotopic (exact) mass is 333 g/mol. The molecule has 0 spiro atoms. The van der Waals surface area contributed by atoms with Gasteiger partial charge in [0.15, 0.2) is 0 Å². The van der Waals surface area contributed by atoms with Crippen molar-refractivity contribution >= 4 is 27.5 Å². The second kappa shape index (κ2) is 8.78. The van der Waals surface area contributed by atoms with Crippen molar-refractivity contribution in [3.8, 4) is 5.75 Å². The highest BCUT2D eigenvalue weighted by Gasteiger charge is 2.07. The van der Waals surface area contributed by atoms with E-state index in [1.165, 1.54) is 19.3 Å². The zero-order chi connectivity index (χ0) is 13.4. The van der Waals surface area contributed by atoms with Crippen molar-refractivity contribution in [2.45, 2.75) is 25.8 Å². The molecule has 0 aliphatic carbocycles. The highest BCUT2D eigenvalue weighted by atomic mass is 79.9. The molecule has 1 rings (SSSR count). The van der Waals surface area contributed by atoms with Crippen molar-refractivity contribution < 1.29 is 4.74 Å². The third-order valence-corrected chi connectivity index (χ3v) is 3.65. The molecule has 0 aliphatic rings. The second-order valence-electron chi connectivity index (χ2n) is 4.44. The maximum Gasteiger partial charge on any atom is 0.123 e. The van der Waals surface area contributed by atoms with Gasteiger partial charge in [-0.15, -0.1) is 0 Å². The Hall–Kier alpha value is -0.250. The van der Waals surface area contributed by atoms with Crippen molar-refractivity contribution in [2.24, 2.45) is 0 Å². The summed E-state index contributed by atoms with van der Waals surface area (Å²) in [7, 11) is 3.83. The van der Waals surface area contributed by atoms with Gasteiger partial charge in [-0.3, -0.25) is 0 Å². The summed E-state index contributed by atoms with van der Waals surface area (Å²) in [5.41, 5.74) is 1.15. The first-order valence-corrected chi connectivity index (χ1v) is 7.74. The summed E-state index contributed by atoms with van der Waals surface area (Å²) in [4.78, 5) is 2.31. The van der Waals surface area contributed by atoms with Gasteiger partial charge in [0, 0.05) is 22.5 Å². The highest BCUT2D eigenvalue weighted by molar-refractivity contribution is 9.09. The number of rotatable bonds is 8. The summed E-state index contributed by atoms with van der Waals surface area (Å²) >= 11 is 9.48. The molecule has 0 amide bonds. The lowest BCUT2D eigenvalue weighted by atomic mass is 10.2. The van der Waals surface area contributed by atoms with Crippen LogP contribution < -0.4 is 4.74 Å². The smallest absolute Gasteiger partial charge is 0.123 e. The van der Waals surface area contributed by atoms with Gasteiger partial charge in [-0.05, 0) is 44.6 Å². The van der Waals surface area contributed by atoms with E-state index in [1.54, 1.807) is 7.11 Å². The van der Waals surface area contributed by atoms with E-state index in [2.05, 4.69) is 27.9 Å². The van der Waals surface area contributed by atoms with E-state index in [0.29, 0.717) is 0 Å². The van der Waals surface area contributed by atoms with Crippen LogP contribution in [0.5, 0.6) is 5.75 Å². The fourth-order valence-electron chi connectivity index (χ4n) is 1.89. The highest BCUT2D eigenvalue weighted by Crippen LogP contribution is 2.23. The number of methoxy groups -OCH3 is 1. The number of alkyl halides is 1. The van der Waals surface area contributed by atoms with Crippen LogP contribution in [0, 0.1) is 0 Å². The zero-order valence-electron chi connectivity index (χ0n) is 11.1. The van der Waals surface area contributed by atoms with Crippen LogP contribution in [0.4, 0.5) is 0 Å². The first kappa shape index (κ1) is 15.8. The molecule has 0 aliphatic heterocycles. The Balaban J connectivity index is 2.47. The minimum absolute atomic E-state index is 0.762. The van der Waals surface area contributed by atoms with E-state index in [4.69, 9.17) is 16.3 Å². The Bertz CT molecular complexity index is 360. The molecule has 0 atom stereocenters. The Morgan fingerprint density at radius 2 is 2.06 bits per heavy atom. The van der Waals surface area contributed by atoms with E-state index >= 15 is 0 Å². The lowest BCUT2D eigenvalue weighted by Crippen LogP contribution is -2.19. The molecule has 2 nitrogen and oxygen atoms in total. The van der Waals surface area contributed by atoms with E-state index in [9.17, 15) is 0 Å². The van der Waals surface area contributed by atoms with E-state index in [0.717, 1.165) is 34.8 Å². The van der Waals surface area contributed by atoms with Crippen LogP contribution in [0.1, 0.15) is 24.8 Å². The third kappa shape index (κ3) is 5.59. The van der Waals surface area contributed by atoms with Crippen LogP contribution >= 0.6 is 27.5 Å². The topological polar surface area (TPSA) is 12.5 Å². The molecule has 1 aromatic carbocycles. The Morgan fingerprint density at radius 1 is 1.28 bits per heavy atom. The maximum atomic E-state index is 6.02. The molecule has 0 N–H and O–H groups in total. The van der Waals surface area contributed by atoms with Gasteiger partial charge in [-0.2, -0.15) is 0 Å². The number of halogens is 2. The summed E-state index contributed by atoms with van der Waals surface area (Å²) in [5, 5.41) is 1.86. The molecule has 0 bridgehead atoms. The number of hydrogen-bond donors (Lipinski definition) is 0. The lowest BCUT2D eigenvalue weighted by Gasteiger charge is -2.18. The molecule has 0 unspecified atom stereocenters. The van der Waals surface area contributed by atoms with Gasteiger partial charge in [0.1, 0.15) is 5.75 Å². The lowest BCUT2D eigenvalue weighted by molar-refractivity contribution is 0.310. The van der Waals surface area contributed by atoms with Crippen LogP contribution in [0.25, 0.3) is 0 Å². The molecule has 0 saturated heterocycles. The largest absolute Gasteiger partial charge is 0.496 e. The third-order valence-electron chi connectivity index (χ3n) is 2.86. The van der Waals surface area contributed by atoms with Gasteiger partial charge < -0.3 is 9.64 Å². The van der Waals surface area contributed by atoms with Gasteiger partial charge in [0.05, 0.1) is 7.11 Å². The SMILES string of the molecule is COc1ccc(Cl)cc1CN(C)CCCCCBr. The number of nitrogens with zero attached hydrogens (tertiary/aromatic N) is 1. The zero-order valence-corrected chi connectivity index (χ0v) is 13.4. The first-order chi connectivity index (χ1) is 8.67. The average molecular weight is 335 g/mol. The normalized spacial score (nSPS) is 10.9. The van der Waals surface area contributed by atoms with Crippen molar-refractivity contribution in [3.05, 3.63) is 28.8 Å². The quantitative estimate of drug-likeness (QED) is 0.518.